The normalized spacial score (nSPS) is 40.5. The van der Waals surface area contributed by atoms with Crippen LogP contribution >= 0.6 is 0 Å². The van der Waals surface area contributed by atoms with E-state index in [-0.39, 0.29) is 58.0 Å². The van der Waals surface area contributed by atoms with Crippen molar-refractivity contribution in [1.82, 2.24) is 4.90 Å². The molecular weight excluding hydrogens is 715 g/mol. The monoisotopic (exact) mass is 788 g/mol. The fourth-order valence-corrected chi connectivity index (χ4v) is 13.9. The summed E-state index contributed by atoms with van der Waals surface area (Å²) >= 11 is 0. The Morgan fingerprint density at radius 1 is 0.895 bits per heavy atom. The first-order chi connectivity index (χ1) is 26.2. The number of ether oxygens (including phenoxy) is 2. The molecule has 2 aliphatic heterocycles. The van der Waals surface area contributed by atoms with Gasteiger partial charge in [0.05, 0.1) is 24.5 Å². The lowest BCUT2D eigenvalue weighted by atomic mass is 9.32. The Morgan fingerprint density at radius 3 is 2.14 bits per heavy atom. The zero-order valence-corrected chi connectivity index (χ0v) is 37.2. The van der Waals surface area contributed by atoms with E-state index in [0.29, 0.717) is 48.1 Å². The summed E-state index contributed by atoms with van der Waals surface area (Å²) < 4.78 is 9.94. The number of carbonyl (C=O) groups is 3. The smallest absolute Gasteiger partial charge is 0.410 e. The first-order valence-corrected chi connectivity index (χ1v) is 21.9. The van der Waals surface area contributed by atoms with Gasteiger partial charge in [-0.1, -0.05) is 65.2 Å². The van der Waals surface area contributed by atoms with E-state index in [1.54, 1.807) is 18.7 Å². The fourth-order valence-electron chi connectivity index (χ4n) is 13.9. The van der Waals surface area contributed by atoms with Crippen molar-refractivity contribution < 1.29 is 34.1 Å². The number of amides is 1. The van der Waals surface area contributed by atoms with Gasteiger partial charge in [0.15, 0.2) is 0 Å². The Hall–Kier alpha value is -3.05. The van der Waals surface area contributed by atoms with Gasteiger partial charge in [-0.25, -0.2) is 4.79 Å². The predicted molar refractivity (Wildman–Crippen MR) is 223 cm³/mol. The highest BCUT2D eigenvalue weighted by molar-refractivity contribution is 5.96. The van der Waals surface area contributed by atoms with Crippen molar-refractivity contribution in [2.24, 2.45) is 62.1 Å². The molecule has 2 heterocycles. The lowest BCUT2D eigenvalue weighted by Gasteiger charge is -2.72. The summed E-state index contributed by atoms with van der Waals surface area (Å²) in [6, 6.07) is 0. The molecular formula is C49H73NO7. The van der Waals surface area contributed by atoms with E-state index in [2.05, 4.69) is 71.3 Å². The highest BCUT2D eigenvalue weighted by Gasteiger charge is 2.70. The Morgan fingerprint density at radius 2 is 1.58 bits per heavy atom. The summed E-state index contributed by atoms with van der Waals surface area (Å²) in [5.74, 6) is 9.61. The fraction of sp³-hybridized carbons (Fsp3) is 0.776. The van der Waals surface area contributed by atoms with Gasteiger partial charge in [0, 0.05) is 23.1 Å². The Bertz CT molecular complexity index is 1790. The molecule has 8 heteroatoms. The molecule has 2 N–H and O–H groups in total. The molecule has 0 bridgehead atoms. The van der Waals surface area contributed by atoms with Crippen molar-refractivity contribution in [2.75, 3.05) is 13.1 Å². The summed E-state index contributed by atoms with van der Waals surface area (Å²) in [7, 11) is 0. The number of cyclic esters (lactones) is 2. The molecule has 0 spiro atoms. The van der Waals surface area contributed by atoms with E-state index in [4.69, 9.17) is 4.74 Å². The topological polar surface area (TPSA) is 113 Å². The van der Waals surface area contributed by atoms with Crippen LogP contribution in [0.5, 0.6) is 0 Å². The summed E-state index contributed by atoms with van der Waals surface area (Å²) in [5.41, 5.74) is 2.42. The largest absolute Gasteiger partial charge is 0.508 e. The van der Waals surface area contributed by atoms with Crippen LogP contribution in [0, 0.1) is 73.9 Å². The van der Waals surface area contributed by atoms with Gasteiger partial charge in [0.2, 0.25) is 0 Å². The summed E-state index contributed by atoms with van der Waals surface area (Å²) in [5, 5.41) is 21.8. The average Bonchev–Trinajstić information content (AvgIpc) is 3.60. The molecule has 1 saturated heterocycles. The van der Waals surface area contributed by atoms with Crippen LogP contribution in [0.2, 0.25) is 0 Å². The van der Waals surface area contributed by atoms with Gasteiger partial charge in [-0.05, 0) is 163 Å². The van der Waals surface area contributed by atoms with Crippen molar-refractivity contribution in [3.8, 4) is 11.8 Å². The predicted octanol–water partition coefficient (Wildman–Crippen LogP) is 10.5. The maximum atomic E-state index is 12.9. The number of hydrogen-bond acceptors (Lipinski definition) is 7. The zero-order chi connectivity index (χ0) is 42.3. The van der Waals surface area contributed by atoms with Gasteiger partial charge >= 0.3 is 18.0 Å². The second-order valence-electron chi connectivity index (χ2n) is 22.3. The minimum Gasteiger partial charge on any atom is -0.508 e. The van der Waals surface area contributed by atoms with Gasteiger partial charge in [-0.15, -0.1) is 0 Å². The van der Waals surface area contributed by atoms with Gasteiger partial charge < -0.3 is 24.6 Å². The number of aliphatic hydroxyl groups excluding tert-OH is 2. The first kappa shape index (κ1) is 43.5. The number of aliphatic hydroxyl groups is 2. The molecule has 10 atom stereocenters. The van der Waals surface area contributed by atoms with E-state index in [1.165, 1.54) is 37.7 Å². The summed E-state index contributed by atoms with van der Waals surface area (Å²) in [6.45, 7) is 33.1. The first-order valence-electron chi connectivity index (χ1n) is 21.9. The molecule has 0 aromatic carbocycles. The molecule has 5 aliphatic carbocycles. The third kappa shape index (κ3) is 7.33. The molecule has 4 unspecified atom stereocenters. The maximum absolute atomic E-state index is 12.9. The van der Waals surface area contributed by atoms with Crippen LogP contribution in [0.3, 0.4) is 0 Å². The van der Waals surface area contributed by atoms with Crippen LogP contribution in [0.1, 0.15) is 153 Å². The Balaban J connectivity index is 0.000000538. The zero-order valence-electron chi connectivity index (χ0n) is 37.2. The molecule has 5 saturated carbocycles. The van der Waals surface area contributed by atoms with E-state index >= 15 is 0 Å². The van der Waals surface area contributed by atoms with E-state index in [0.717, 1.165) is 37.7 Å². The molecule has 7 aliphatic rings. The standard InChI is InChI=1S/C43H65NO4.C6H8O3/c1-27(2)30-15-22-43(21-14-29-18-25-44(26-31(29)28(3)45)37(47)48-38(4,5)6)24-23-41(10)32(36(30)43)12-13-34-40(9)19-17-35(46)39(7,8)33(40)16-20-42(34,41)11;1-6(2)3-4(7)9-5(6)8/h30,32-36,45-46H,1,3,12-13,15-20,22-26H2,2,4-11H3;3H2,1-2H3/t30-,32?,33?,34?,35-,36?,40-,41+,42+,43+;/m0./s1. The van der Waals surface area contributed by atoms with Gasteiger partial charge in [0.1, 0.15) is 11.4 Å². The van der Waals surface area contributed by atoms with Crippen LogP contribution in [0.25, 0.3) is 0 Å². The van der Waals surface area contributed by atoms with Crippen molar-refractivity contribution in [2.45, 2.75) is 165 Å². The number of carbonyl (C=O) groups excluding carboxylic acids is 3. The highest BCUT2D eigenvalue weighted by Crippen LogP contribution is 2.77. The molecule has 1 amide bonds. The summed E-state index contributed by atoms with van der Waals surface area (Å²) in [6.07, 6.45) is 11.9. The number of allylic oxidation sites excluding steroid dienone is 1. The van der Waals surface area contributed by atoms with Crippen LogP contribution in [0.15, 0.2) is 35.6 Å². The van der Waals surface area contributed by atoms with Gasteiger partial charge in [-0.3, -0.25) is 9.59 Å². The molecule has 8 nitrogen and oxygen atoms in total. The molecule has 0 aromatic heterocycles. The second-order valence-corrected chi connectivity index (χ2v) is 22.3. The third-order valence-electron chi connectivity index (χ3n) is 17.2. The molecule has 7 rings (SSSR count). The van der Waals surface area contributed by atoms with E-state index < -0.39 is 23.0 Å². The second kappa shape index (κ2) is 14.6. The van der Waals surface area contributed by atoms with Crippen LogP contribution in [0.4, 0.5) is 4.79 Å². The quantitative estimate of drug-likeness (QED) is 0.0942. The van der Waals surface area contributed by atoms with Crippen molar-refractivity contribution in [3.63, 3.8) is 0 Å². The maximum Gasteiger partial charge on any atom is 0.410 e. The van der Waals surface area contributed by atoms with Gasteiger partial charge in [-0.2, -0.15) is 0 Å². The van der Waals surface area contributed by atoms with Gasteiger partial charge in [0.25, 0.3) is 0 Å². The molecule has 316 valence electrons. The van der Waals surface area contributed by atoms with Crippen LogP contribution < -0.4 is 0 Å². The molecule has 57 heavy (non-hydrogen) atoms. The van der Waals surface area contributed by atoms with E-state index in [1.807, 2.05) is 20.8 Å². The lowest BCUT2D eigenvalue weighted by Crippen LogP contribution is -2.66. The molecule has 0 radical (unpaired) electrons. The molecule has 6 fully saturated rings. The minimum absolute atomic E-state index is 0.00202. The average molecular weight is 788 g/mol. The van der Waals surface area contributed by atoms with Crippen molar-refractivity contribution >= 4 is 18.0 Å². The highest BCUT2D eigenvalue weighted by atomic mass is 16.6. The Labute approximate surface area is 343 Å². The number of fused-ring (bicyclic) bond motifs is 7. The molecule has 0 aromatic rings. The number of rotatable bonds is 2. The lowest BCUT2D eigenvalue weighted by molar-refractivity contribution is -0.244. The summed E-state index contributed by atoms with van der Waals surface area (Å²) in [4.78, 5) is 35.6. The third-order valence-corrected chi connectivity index (χ3v) is 17.2. The van der Waals surface area contributed by atoms with Crippen LogP contribution in [-0.4, -0.2) is 57.9 Å². The number of hydrogen-bond donors (Lipinski definition) is 2. The SMILES string of the molecule is C=C(O)C1=C(C#C[C@]23CC[C@@H](C(=C)C)C2C2CCC4[C@@]5(C)CC[C@H](O)C(C)(C)C5CC[C@@]4(C)[C@]2(C)CC3)CCN(C(=O)OC(C)(C)C)C1.CC1(C)CC(=O)OC1=O. The minimum atomic E-state index is -0.586. The number of nitrogens with zero attached hydrogens (tertiary/aromatic N) is 1. The number of esters is 2. The van der Waals surface area contributed by atoms with Crippen molar-refractivity contribution in [1.29, 1.82) is 0 Å². The Kier molecular flexibility index (Phi) is 11.1. The van der Waals surface area contributed by atoms with Crippen LogP contribution in [-0.2, 0) is 19.1 Å². The van der Waals surface area contributed by atoms with Crippen molar-refractivity contribution in [3.05, 3.63) is 35.6 Å². The van der Waals surface area contributed by atoms with E-state index in [9.17, 15) is 24.6 Å².